The van der Waals surface area contributed by atoms with E-state index in [1.807, 2.05) is 13.8 Å². The summed E-state index contributed by atoms with van der Waals surface area (Å²) in [6.07, 6.45) is 1.80. The van der Waals surface area contributed by atoms with Crippen molar-refractivity contribution in [3.05, 3.63) is 22.8 Å². The van der Waals surface area contributed by atoms with Crippen molar-refractivity contribution in [1.82, 2.24) is 0 Å². The van der Waals surface area contributed by atoms with Crippen LogP contribution in [0.3, 0.4) is 0 Å². The zero-order valence-corrected chi connectivity index (χ0v) is 10.2. The molecule has 0 spiro atoms. The number of ether oxygens (including phenoxy) is 2. The van der Waals surface area contributed by atoms with Gasteiger partial charge in [0, 0.05) is 29.5 Å². The van der Waals surface area contributed by atoms with Crippen LogP contribution in [0, 0.1) is 11.3 Å². The Bertz CT molecular complexity index is 494. The molecule has 2 aliphatic rings. The van der Waals surface area contributed by atoms with Crippen molar-refractivity contribution in [2.75, 3.05) is 13.2 Å². The van der Waals surface area contributed by atoms with E-state index in [9.17, 15) is 5.26 Å². The topological polar surface area (TPSA) is 42.2 Å². The molecule has 0 N–H and O–H groups in total. The molecule has 3 rings (SSSR count). The molecule has 2 aliphatic heterocycles. The summed E-state index contributed by atoms with van der Waals surface area (Å²) < 4.78 is 11.4. The summed E-state index contributed by atoms with van der Waals surface area (Å²) in [7, 11) is 0. The minimum atomic E-state index is -0.520. The van der Waals surface area contributed by atoms with Crippen molar-refractivity contribution in [1.29, 1.82) is 5.26 Å². The van der Waals surface area contributed by atoms with Crippen LogP contribution in [-0.4, -0.2) is 13.2 Å². The third-order valence-corrected chi connectivity index (χ3v) is 3.56. The van der Waals surface area contributed by atoms with Crippen LogP contribution in [0.2, 0.25) is 0 Å². The minimum Gasteiger partial charge on any atom is -0.493 e. The van der Waals surface area contributed by atoms with Gasteiger partial charge in [0.1, 0.15) is 11.5 Å². The van der Waals surface area contributed by atoms with E-state index in [4.69, 9.17) is 9.47 Å². The second kappa shape index (κ2) is 3.40. The third kappa shape index (κ3) is 1.40. The van der Waals surface area contributed by atoms with Crippen molar-refractivity contribution in [2.45, 2.75) is 32.1 Å². The molecule has 17 heavy (non-hydrogen) atoms. The molecule has 0 unspecified atom stereocenters. The van der Waals surface area contributed by atoms with Gasteiger partial charge in [-0.2, -0.15) is 5.26 Å². The number of hydrogen-bond acceptors (Lipinski definition) is 3. The van der Waals surface area contributed by atoms with Gasteiger partial charge in [-0.25, -0.2) is 0 Å². The van der Waals surface area contributed by atoms with Crippen LogP contribution in [0.4, 0.5) is 0 Å². The monoisotopic (exact) mass is 229 g/mol. The molecule has 0 saturated carbocycles. The number of fused-ring (bicyclic) bond motifs is 2. The van der Waals surface area contributed by atoms with Crippen LogP contribution in [0.25, 0.3) is 0 Å². The second-order valence-corrected chi connectivity index (χ2v) is 5.15. The van der Waals surface area contributed by atoms with Gasteiger partial charge in [0.05, 0.1) is 24.7 Å². The van der Waals surface area contributed by atoms with Gasteiger partial charge in [-0.3, -0.25) is 0 Å². The number of benzene rings is 1. The summed E-state index contributed by atoms with van der Waals surface area (Å²) in [6.45, 7) is 5.32. The van der Waals surface area contributed by atoms with E-state index in [1.54, 1.807) is 0 Å². The molecule has 0 radical (unpaired) electrons. The smallest absolute Gasteiger partial charge is 0.127 e. The van der Waals surface area contributed by atoms with Crippen molar-refractivity contribution in [3.63, 3.8) is 0 Å². The number of hydrogen-bond donors (Lipinski definition) is 0. The molecule has 0 atom stereocenters. The Morgan fingerprint density at radius 2 is 2.00 bits per heavy atom. The number of nitrogens with zero attached hydrogens (tertiary/aromatic N) is 1. The molecule has 0 aromatic heterocycles. The van der Waals surface area contributed by atoms with Gasteiger partial charge in [-0.15, -0.1) is 0 Å². The number of rotatable bonds is 1. The molecule has 0 fully saturated rings. The molecule has 0 amide bonds. The van der Waals surface area contributed by atoms with E-state index >= 15 is 0 Å². The fourth-order valence-corrected chi connectivity index (χ4v) is 2.70. The van der Waals surface area contributed by atoms with Crippen molar-refractivity contribution in [2.24, 2.45) is 0 Å². The van der Waals surface area contributed by atoms with Gasteiger partial charge < -0.3 is 9.47 Å². The lowest BCUT2D eigenvalue weighted by atomic mass is 9.80. The molecule has 3 nitrogen and oxygen atoms in total. The number of nitriles is 1. The van der Waals surface area contributed by atoms with E-state index in [0.29, 0.717) is 13.2 Å². The molecule has 1 aromatic carbocycles. The summed E-state index contributed by atoms with van der Waals surface area (Å²) in [4.78, 5) is 0. The Labute approximate surface area is 101 Å². The van der Waals surface area contributed by atoms with Crippen LogP contribution in [0.5, 0.6) is 11.5 Å². The van der Waals surface area contributed by atoms with Crippen LogP contribution in [-0.2, 0) is 18.3 Å². The molecule has 1 aromatic rings. The summed E-state index contributed by atoms with van der Waals surface area (Å²) in [5.41, 5.74) is 2.87. The zero-order valence-electron chi connectivity index (χ0n) is 10.2. The molecule has 0 saturated heterocycles. The van der Waals surface area contributed by atoms with Crippen molar-refractivity contribution >= 4 is 0 Å². The van der Waals surface area contributed by atoms with E-state index in [0.717, 1.165) is 35.5 Å². The lowest BCUT2D eigenvalue weighted by Gasteiger charge is -2.22. The molecule has 3 heteroatoms. The first-order chi connectivity index (χ1) is 8.13. The average molecular weight is 229 g/mol. The lowest BCUT2D eigenvalue weighted by molar-refractivity contribution is 0.349. The summed E-state index contributed by atoms with van der Waals surface area (Å²) >= 11 is 0. The van der Waals surface area contributed by atoms with Crippen LogP contribution >= 0.6 is 0 Å². The van der Waals surface area contributed by atoms with Gasteiger partial charge in [-0.05, 0) is 19.9 Å². The second-order valence-electron chi connectivity index (χ2n) is 5.15. The van der Waals surface area contributed by atoms with E-state index < -0.39 is 5.41 Å². The van der Waals surface area contributed by atoms with Gasteiger partial charge >= 0.3 is 0 Å². The maximum atomic E-state index is 9.36. The molecular formula is C14H15NO2. The molecular weight excluding hydrogens is 214 g/mol. The van der Waals surface area contributed by atoms with Crippen molar-refractivity contribution < 1.29 is 9.47 Å². The first-order valence-corrected chi connectivity index (χ1v) is 5.99. The normalized spacial score (nSPS) is 16.8. The van der Waals surface area contributed by atoms with Gasteiger partial charge in [0.25, 0.3) is 0 Å². The predicted molar refractivity (Wildman–Crippen MR) is 63.5 cm³/mol. The third-order valence-electron chi connectivity index (χ3n) is 3.56. The predicted octanol–water partition coefficient (Wildman–Crippen LogP) is 2.36. The maximum Gasteiger partial charge on any atom is 0.127 e. The quantitative estimate of drug-likeness (QED) is 0.742. The highest BCUT2D eigenvalue weighted by molar-refractivity contribution is 5.60. The van der Waals surface area contributed by atoms with Gasteiger partial charge in [0.2, 0.25) is 0 Å². The van der Waals surface area contributed by atoms with Crippen LogP contribution < -0.4 is 9.47 Å². The van der Waals surface area contributed by atoms with Crippen molar-refractivity contribution in [3.8, 4) is 17.6 Å². The first-order valence-electron chi connectivity index (χ1n) is 5.99. The van der Waals surface area contributed by atoms with E-state index in [2.05, 4.69) is 12.1 Å². The maximum absolute atomic E-state index is 9.36. The van der Waals surface area contributed by atoms with E-state index in [-0.39, 0.29) is 0 Å². The largest absolute Gasteiger partial charge is 0.493 e. The van der Waals surface area contributed by atoms with Gasteiger partial charge in [0.15, 0.2) is 0 Å². The Morgan fingerprint density at radius 1 is 1.24 bits per heavy atom. The molecule has 2 heterocycles. The highest BCUT2D eigenvalue weighted by Gasteiger charge is 2.34. The summed E-state index contributed by atoms with van der Waals surface area (Å²) in [5, 5.41) is 9.36. The summed E-state index contributed by atoms with van der Waals surface area (Å²) in [6, 6.07) is 4.47. The molecule has 0 aliphatic carbocycles. The Kier molecular flexibility index (Phi) is 2.09. The Morgan fingerprint density at radius 3 is 2.76 bits per heavy atom. The fraction of sp³-hybridized carbons (Fsp3) is 0.500. The Hall–Kier alpha value is -1.69. The van der Waals surface area contributed by atoms with Gasteiger partial charge in [-0.1, -0.05) is 0 Å². The fourth-order valence-electron chi connectivity index (χ4n) is 2.70. The minimum absolute atomic E-state index is 0.520. The van der Waals surface area contributed by atoms with E-state index in [1.165, 1.54) is 5.56 Å². The average Bonchev–Trinajstić information content (AvgIpc) is 2.92. The SMILES string of the molecule is CC(C)(C#N)c1c2c(cc3c1OCC3)OCC2. The van der Waals surface area contributed by atoms with Crippen LogP contribution in [0.1, 0.15) is 30.5 Å². The first kappa shape index (κ1) is 10.5. The molecule has 88 valence electrons. The highest BCUT2D eigenvalue weighted by Crippen LogP contribution is 2.45. The zero-order chi connectivity index (χ0) is 12.0. The summed E-state index contributed by atoms with van der Waals surface area (Å²) in [5.74, 6) is 1.88. The highest BCUT2D eigenvalue weighted by atomic mass is 16.5. The Balaban J connectivity index is 2.29. The lowest BCUT2D eigenvalue weighted by Crippen LogP contribution is -2.17. The molecule has 0 bridgehead atoms. The standard InChI is InChI=1S/C14H15NO2/c1-14(2,8-15)12-10-4-6-16-11(10)7-9-3-5-17-13(9)12/h7H,3-6H2,1-2H3. The van der Waals surface area contributed by atoms with Crippen LogP contribution in [0.15, 0.2) is 6.07 Å².